The van der Waals surface area contributed by atoms with Gasteiger partial charge in [-0.15, -0.1) is 0 Å². The normalized spacial score (nSPS) is 12.1. The number of hydrogen-bond donors (Lipinski definition) is 1. The Hall–Kier alpha value is -3.94. The van der Waals surface area contributed by atoms with E-state index in [1.54, 1.807) is 82.3 Å². The molecule has 0 saturated carbocycles. The lowest BCUT2D eigenvalue weighted by molar-refractivity contribution is -0.383. The second-order valence-electron chi connectivity index (χ2n) is 8.24. The standard InChI is InChI=1S/C24H24N2O6/c1-15(23(28)32-24(2,3)4)25-22(27)16-9-11-17(12-10-16)31-21-14-13-20(26(29)30)18-7-5-6-8-19(18)21/h5-15H,1-4H3,(H,25,27)/t15-/m0/s1. The number of nitro groups is 1. The maximum Gasteiger partial charge on any atom is 0.328 e. The van der Waals surface area contributed by atoms with Gasteiger partial charge in [0.2, 0.25) is 0 Å². The molecule has 8 heteroatoms. The average molecular weight is 436 g/mol. The van der Waals surface area contributed by atoms with Gasteiger partial charge in [-0.25, -0.2) is 4.79 Å². The number of ether oxygens (including phenoxy) is 2. The molecule has 0 saturated heterocycles. The van der Waals surface area contributed by atoms with Gasteiger partial charge in [0.1, 0.15) is 23.1 Å². The second kappa shape index (κ2) is 9.05. The van der Waals surface area contributed by atoms with Crippen molar-refractivity contribution in [2.24, 2.45) is 0 Å². The molecular weight excluding hydrogens is 412 g/mol. The number of amides is 1. The summed E-state index contributed by atoms with van der Waals surface area (Å²) in [6.07, 6.45) is 0. The number of nitro benzene ring substituents is 1. The van der Waals surface area contributed by atoms with Crippen LogP contribution in [0.5, 0.6) is 11.5 Å². The van der Waals surface area contributed by atoms with Gasteiger partial charge in [-0.1, -0.05) is 18.2 Å². The molecule has 0 bridgehead atoms. The van der Waals surface area contributed by atoms with E-state index in [4.69, 9.17) is 9.47 Å². The van der Waals surface area contributed by atoms with Crippen molar-refractivity contribution in [1.29, 1.82) is 0 Å². The zero-order valence-corrected chi connectivity index (χ0v) is 18.2. The van der Waals surface area contributed by atoms with Gasteiger partial charge >= 0.3 is 5.97 Å². The quantitative estimate of drug-likeness (QED) is 0.331. The van der Waals surface area contributed by atoms with E-state index in [2.05, 4.69) is 5.32 Å². The Bertz CT molecular complexity index is 1170. The Morgan fingerprint density at radius 1 is 0.969 bits per heavy atom. The SMILES string of the molecule is C[C@H](NC(=O)c1ccc(Oc2ccc([N+](=O)[O-])c3ccccc23)cc1)C(=O)OC(C)(C)C. The van der Waals surface area contributed by atoms with Crippen molar-refractivity contribution in [1.82, 2.24) is 5.32 Å². The molecule has 0 unspecified atom stereocenters. The molecule has 3 aromatic carbocycles. The largest absolute Gasteiger partial charge is 0.458 e. The molecule has 0 aliphatic carbocycles. The summed E-state index contributed by atoms with van der Waals surface area (Å²) in [5, 5.41) is 15.0. The Balaban J connectivity index is 1.73. The molecule has 32 heavy (non-hydrogen) atoms. The van der Waals surface area contributed by atoms with Gasteiger partial charge in [0.25, 0.3) is 11.6 Å². The summed E-state index contributed by atoms with van der Waals surface area (Å²) in [4.78, 5) is 35.3. The van der Waals surface area contributed by atoms with Crippen LogP contribution in [0.15, 0.2) is 60.7 Å². The number of carbonyl (C=O) groups excluding carboxylic acids is 2. The number of rotatable bonds is 6. The van der Waals surface area contributed by atoms with Crippen molar-refractivity contribution in [2.45, 2.75) is 39.3 Å². The van der Waals surface area contributed by atoms with Crippen LogP contribution >= 0.6 is 0 Å². The summed E-state index contributed by atoms with van der Waals surface area (Å²) in [5.74, 6) is -0.0192. The maximum atomic E-state index is 12.4. The first-order valence-electron chi connectivity index (χ1n) is 10.0. The molecule has 0 aliphatic rings. The van der Waals surface area contributed by atoms with Gasteiger partial charge in [0, 0.05) is 17.0 Å². The smallest absolute Gasteiger partial charge is 0.328 e. The van der Waals surface area contributed by atoms with Crippen LogP contribution in [0.25, 0.3) is 10.8 Å². The molecule has 0 radical (unpaired) electrons. The number of fused-ring (bicyclic) bond motifs is 1. The number of benzene rings is 3. The third kappa shape index (κ3) is 5.40. The third-order valence-corrected chi connectivity index (χ3v) is 4.51. The van der Waals surface area contributed by atoms with Crippen molar-refractivity contribution in [3.63, 3.8) is 0 Å². The monoisotopic (exact) mass is 436 g/mol. The highest BCUT2D eigenvalue weighted by Gasteiger charge is 2.23. The summed E-state index contributed by atoms with van der Waals surface area (Å²) in [6.45, 7) is 6.83. The van der Waals surface area contributed by atoms with Gasteiger partial charge in [0.05, 0.1) is 10.3 Å². The van der Waals surface area contributed by atoms with E-state index in [1.165, 1.54) is 6.07 Å². The van der Waals surface area contributed by atoms with Crippen molar-refractivity contribution in [3.05, 3.63) is 76.3 Å². The van der Waals surface area contributed by atoms with Crippen LogP contribution in [0.1, 0.15) is 38.1 Å². The topological polar surface area (TPSA) is 108 Å². The van der Waals surface area contributed by atoms with E-state index in [0.29, 0.717) is 27.8 Å². The van der Waals surface area contributed by atoms with Crippen LogP contribution in [0.4, 0.5) is 5.69 Å². The zero-order chi connectivity index (χ0) is 23.5. The summed E-state index contributed by atoms with van der Waals surface area (Å²) in [5.41, 5.74) is -0.294. The molecule has 166 valence electrons. The average Bonchev–Trinajstić information content (AvgIpc) is 2.73. The van der Waals surface area contributed by atoms with Crippen molar-refractivity contribution >= 4 is 28.3 Å². The predicted molar refractivity (Wildman–Crippen MR) is 120 cm³/mol. The van der Waals surface area contributed by atoms with Crippen LogP contribution in [-0.4, -0.2) is 28.4 Å². The van der Waals surface area contributed by atoms with Gasteiger partial charge < -0.3 is 14.8 Å². The summed E-state index contributed by atoms with van der Waals surface area (Å²) in [7, 11) is 0. The molecule has 8 nitrogen and oxygen atoms in total. The molecule has 3 aromatic rings. The van der Waals surface area contributed by atoms with E-state index < -0.39 is 28.4 Å². The summed E-state index contributed by atoms with van der Waals surface area (Å²) >= 11 is 0. The Morgan fingerprint density at radius 2 is 1.59 bits per heavy atom. The first-order chi connectivity index (χ1) is 15.0. The van der Waals surface area contributed by atoms with Crippen LogP contribution in [0.3, 0.4) is 0 Å². The second-order valence-corrected chi connectivity index (χ2v) is 8.24. The van der Waals surface area contributed by atoms with Gasteiger partial charge in [0.15, 0.2) is 0 Å². The Labute approximate surface area is 185 Å². The van der Waals surface area contributed by atoms with E-state index >= 15 is 0 Å². The number of hydrogen-bond acceptors (Lipinski definition) is 6. The van der Waals surface area contributed by atoms with Gasteiger partial charge in [-0.2, -0.15) is 0 Å². The lowest BCUT2D eigenvalue weighted by Gasteiger charge is -2.22. The van der Waals surface area contributed by atoms with Crippen LogP contribution in [0, 0.1) is 10.1 Å². The van der Waals surface area contributed by atoms with Crippen molar-refractivity contribution in [3.8, 4) is 11.5 Å². The maximum absolute atomic E-state index is 12.4. The number of non-ortho nitro benzene ring substituents is 1. The summed E-state index contributed by atoms with van der Waals surface area (Å²) in [6, 6.07) is 15.4. The number of nitrogens with one attached hydrogen (secondary N) is 1. The highest BCUT2D eigenvalue weighted by atomic mass is 16.6. The fraction of sp³-hybridized carbons (Fsp3) is 0.250. The molecule has 3 rings (SSSR count). The van der Waals surface area contributed by atoms with Gasteiger partial charge in [-0.05, 0) is 64.1 Å². The van der Waals surface area contributed by atoms with E-state index in [0.717, 1.165) is 0 Å². The Morgan fingerprint density at radius 3 is 2.19 bits per heavy atom. The molecule has 0 spiro atoms. The van der Waals surface area contributed by atoms with E-state index in [1.807, 2.05) is 0 Å². The molecule has 1 atom stereocenters. The minimum atomic E-state index is -0.802. The lowest BCUT2D eigenvalue weighted by atomic mass is 10.1. The molecule has 0 aromatic heterocycles. The van der Waals surface area contributed by atoms with Gasteiger partial charge in [-0.3, -0.25) is 14.9 Å². The fourth-order valence-electron chi connectivity index (χ4n) is 3.03. The van der Waals surface area contributed by atoms with Crippen LogP contribution in [-0.2, 0) is 9.53 Å². The fourth-order valence-corrected chi connectivity index (χ4v) is 3.03. The zero-order valence-electron chi connectivity index (χ0n) is 18.2. The lowest BCUT2D eigenvalue weighted by Crippen LogP contribution is -2.42. The Kier molecular flexibility index (Phi) is 6.43. The van der Waals surface area contributed by atoms with Crippen molar-refractivity contribution in [2.75, 3.05) is 0 Å². The number of nitrogens with zero attached hydrogens (tertiary/aromatic N) is 1. The van der Waals surface area contributed by atoms with E-state index in [9.17, 15) is 19.7 Å². The molecule has 0 aliphatic heterocycles. The minimum Gasteiger partial charge on any atom is -0.458 e. The molecule has 0 heterocycles. The van der Waals surface area contributed by atoms with Crippen LogP contribution < -0.4 is 10.1 Å². The molecule has 1 amide bonds. The van der Waals surface area contributed by atoms with E-state index in [-0.39, 0.29) is 5.69 Å². The minimum absolute atomic E-state index is 0.000855. The molecule has 0 fully saturated rings. The summed E-state index contributed by atoms with van der Waals surface area (Å²) < 4.78 is 11.2. The molecule has 1 N–H and O–H groups in total. The third-order valence-electron chi connectivity index (χ3n) is 4.51. The predicted octanol–water partition coefficient (Wildman–Crippen LogP) is 5.00. The number of carbonyl (C=O) groups is 2. The highest BCUT2D eigenvalue weighted by molar-refractivity contribution is 5.97. The highest BCUT2D eigenvalue weighted by Crippen LogP contribution is 2.35. The first kappa shape index (κ1) is 22.7. The number of esters is 1. The molecular formula is C24H24N2O6. The van der Waals surface area contributed by atoms with Crippen molar-refractivity contribution < 1.29 is 24.0 Å². The first-order valence-corrected chi connectivity index (χ1v) is 10.0. The van der Waals surface area contributed by atoms with Crippen LogP contribution in [0.2, 0.25) is 0 Å².